The number of carbonyl (C=O) groups is 1. The van der Waals surface area contributed by atoms with E-state index >= 15 is 0 Å². The summed E-state index contributed by atoms with van der Waals surface area (Å²) in [4.78, 5) is 32.2. The average Bonchev–Trinajstić information content (AvgIpc) is 3.46. The molecule has 38 heavy (non-hydrogen) atoms. The molecule has 5 rings (SSSR count). The summed E-state index contributed by atoms with van der Waals surface area (Å²) in [5.41, 5.74) is 1.03. The third kappa shape index (κ3) is 6.68. The zero-order chi connectivity index (χ0) is 26.4. The third-order valence-corrected chi connectivity index (χ3v) is 9.12. The summed E-state index contributed by atoms with van der Waals surface area (Å²) in [6.07, 6.45) is 13.6. The van der Waals surface area contributed by atoms with Gasteiger partial charge in [-0.05, 0) is 30.9 Å². The van der Waals surface area contributed by atoms with Crippen LogP contribution in [-0.2, 0) is 24.6 Å². The Labute approximate surface area is 224 Å². The number of hydrogen-bond donors (Lipinski definition) is 1. The highest BCUT2D eigenvalue weighted by atomic mass is 32.2. The normalized spacial score (nSPS) is 21.2. The Morgan fingerprint density at radius 2 is 1.84 bits per heavy atom. The van der Waals surface area contributed by atoms with E-state index in [1.807, 2.05) is 23.1 Å². The summed E-state index contributed by atoms with van der Waals surface area (Å²) in [5.74, 6) is 0.752. The van der Waals surface area contributed by atoms with Crippen molar-refractivity contribution in [1.29, 1.82) is 0 Å². The van der Waals surface area contributed by atoms with Crippen LogP contribution in [0.4, 0.5) is 0 Å². The topological polar surface area (TPSA) is 101 Å². The highest BCUT2D eigenvalue weighted by Crippen LogP contribution is 2.27. The molecule has 0 bridgehead atoms. The Morgan fingerprint density at radius 1 is 1.05 bits per heavy atom. The number of amides is 1. The molecular weight excluding hydrogens is 504 g/mol. The Kier molecular flexibility index (Phi) is 8.86. The third-order valence-electron chi connectivity index (χ3n) is 7.60. The van der Waals surface area contributed by atoms with Crippen molar-refractivity contribution in [1.82, 2.24) is 19.5 Å². The molecule has 3 aliphatic rings. The summed E-state index contributed by atoms with van der Waals surface area (Å²) < 4.78 is 28.9. The van der Waals surface area contributed by atoms with Crippen LogP contribution < -0.4 is 4.72 Å². The first-order valence-corrected chi connectivity index (χ1v) is 15.0. The molecule has 1 unspecified atom stereocenters. The van der Waals surface area contributed by atoms with Gasteiger partial charge in [-0.25, -0.2) is 22.9 Å². The molecule has 1 amide bonds. The molecule has 2 fully saturated rings. The van der Waals surface area contributed by atoms with Gasteiger partial charge in [0.15, 0.2) is 0 Å². The summed E-state index contributed by atoms with van der Waals surface area (Å²) in [6.45, 7) is 3.70. The molecule has 1 aromatic carbocycles. The van der Waals surface area contributed by atoms with E-state index in [1.165, 1.54) is 25.7 Å². The van der Waals surface area contributed by atoms with Crippen LogP contribution in [0.1, 0.15) is 38.5 Å². The molecule has 1 aliphatic heterocycles. The molecule has 1 saturated heterocycles. The largest absolute Gasteiger partial charge is 0.336 e. The highest BCUT2D eigenvalue weighted by molar-refractivity contribution is 7.89. The number of benzene rings is 1. The first kappa shape index (κ1) is 27.0. The van der Waals surface area contributed by atoms with E-state index < -0.39 is 16.1 Å². The van der Waals surface area contributed by atoms with Crippen molar-refractivity contribution in [3.8, 4) is 0 Å². The Morgan fingerprint density at radius 3 is 2.61 bits per heavy atom. The van der Waals surface area contributed by atoms with Crippen molar-refractivity contribution in [3.63, 3.8) is 0 Å². The lowest BCUT2D eigenvalue weighted by Crippen LogP contribution is -2.49. The van der Waals surface area contributed by atoms with Gasteiger partial charge in [-0.1, -0.05) is 62.1 Å². The van der Waals surface area contributed by atoms with Crippen LogP contribution in [0.5, 0.6) is 0 Å². The molecule has 1 N–H and O–H groups in total. The highest BCUT2D eigenvalue weighted by Gasteiger charge is 2.26. The molecule has 10 heteroatoms. The van der Waals surface area contributed by atoms with Gasteiger partial charge in [-0.15, -0.1) is 0 Å². The van der Waals surface area contributed by atoms with E-state index in [0.29, 0.717) is 43.9 Å². The minimum absolute atomic E-state index is 0.0332. The molecule has 1 saturated carbocycles. The van der Waals surface area contributed by atoms with Crippen LogP contribution in [0.25, 0.3) is 10.9 Å². The number of aromatic nitrogens is 1. The average molecular weight is 541 g/mol. The molecule has 0 spiro atoms. The fraction of sp³-hybridized carbons (Fsp3) is 0.500. The predicted molar refractivity (Wildman–Crippen MR) is 144 cm³/mol. The Bertz CT molecular complexity index is 1280. The Hall–Kier alpha value is -2.63. The van der Waals surface area contributed by atoms with Crippen molar-refractivity contribution in [2.75, 3.05) is 39.5 Å². The van der Waals surface area contributed by atoms with E-state index in [9.17, 15) is 13.2 Å². The molecule has 1 aromatic heterocycles. The number of nitrogens with zero attached hydrogens (tertiary/aromatic N) is 3. The molecule has 2 aromatic rings. The van der Waals surface area contributed by atoms with Crippen LogP contribution in [0.3, 0.4) is 0 Å². The molecule has 0 radical (unpaired) electrons. The smallest absolute Gasteiger partial charge is 0.253 e. The van der Waals surface area contributed by atoms with Crippen molar-refractivity contribution in [3.05, 3.63) is 60.3 Å². The second kappa shape index (κ2) is 12.5. The van der Waals surface area contributed by atoms with Crippen molar-refractivity contribution in [2.24, 2.45) is 5.92 Å². The van der Waals surface area contributed by atoms with Gasteiger partial charge in [-0.2, -0.15) is 0 Å². The molecule has 1 atom stereocenters. The number of rotatable bonds is 10. The number of pyridine rings is 1. The van der Waals surface area contributed by atoms with Crippen LogP contribution in [0, 0.1) is 5.92 Å². The summed E-state index contributed by atoms with van der Waals surface area (Å²) in [6, 6.07) is 8.28. The fourth-order valence-corrected chi connectivity index (χ4v) is 6.75. The van der Waals surface area contributed by atoms with Crippen molar-refractivity contribution >= 4 is 26.8 Å². The number of nitrogens with one attached hydrogen (secondary N) is 1. The Balaban J connectivity index is 1.05. The van der Waals surface area contributed by atoms with Crippen molar-refractivity contribution < 1.29 is 23.0 Å². The minimum atomic E-state index is -3.78. The van der Waals surface area contributed by atoms with Gasteiger partial charge in [0.05, 0.1) is 12.1 Å². The van der Waals surface area contributed by atoms with Gasteiger partial charge in [-0.3, -0.25) is 14.7 Å². The number of carbonyl (C=O) groups excluding carboxylic acids is 1. The SMILES string of the molecule is O=C(C1=CCC(NS(=O)(=O)c2cccc3cccnc23)C=C1)N1CCN(COOCCC2CCCC2)CC1. The van der Waals surface area contributed by atoms with E-state index in [2.05, 4.69) is 14.6 Å². The first-order chi connectivity index (χ1) is 18.5. The summed E-state index contributed by atoms with van der Waals surface area (Å²) in [5, 5.41) is 0.765. The van der Waals surface area contributed by atoms with Crippen LogP contribution >= 0.6 is 0 Å². The number of sulfonamides is 1. The molecule has 204 valence electrons. The maximum Gasteiger partial charge on any atom is 0.253 e. The predicted octanol–water partition coefficient (Wildman–Crippen LogP) is 3.40. The minimum Gasteiger partial charge on any atom is -0.336 e. The lowest BCUT2D eigenvalue weighted by Gasteiger charge is -2.34. The summed E-state index contributed by atoms with van der Waals surface area (Å²) in [7, 11) is -3.78. The standard InChI is InChI=1S/C28H36N4O5S/c33-28(32-18-16-31(17-19-32)21-37-36-20-14-22-5-1-2-6-22)24-10-12-25(13-11-24)30-38(34,35)26-9-3-7-23-8-4-15-29-27(23)26/h3-4,7-12,15,22,25,30H,1-2,5-6,13-14,16-21H2. The molecule has 2 aliphatic carbocycles. The zero-order valence-electron chi connectivity index (χ0n) is 21.6. The molecular formula is C28H36N4O5S. The van der Waals surface area contributed by atoms with E-state index in [1.54, 1.807) is 36.5 Å². The second-order valence-corrected chi connectivity index (χ2v) is 11.9. The lowest BCUT2D eigenvalue weighted by molar-refractivity contribution is -0.317. The molecule has 9 nitrogen and oxygen atoms in total. The quantitative estimate of drug-likeness (QED) is 0.280. The van der Waals surface area contributed by atoms with Crippen LogP contribution in [0.15, 0.2) is 65.2 Å². The monoisotopic (exact) mass is 540 g/mol. The zero-order valence-corrected chi connectivity index (χ0v) is 22.4. The lowest BCUT2D eigenvalue weighted by atomic mass is 10.0. The van der Waals surface area contributed by atoms with Crippen LogP contribution in [0.2, 0.25) is 0 Å². The van der Waals surface area contributed by atoms with Gasteiger partial charge < -0.3 is 4.90 Å². The maximum absolute atomic E-state index is 13.1. The van der Waals surface area contributed by atoms with E-state index in [4.69, 9.17) is 9.78 Å². The van der Waals surface area contributed by atoms with Gasteiger partial charge >= 0.3 is 0 Å². The summed E-state index contributed by atoms with van der Waals surface area (Å²) >= 11 is 0. The van der Waals surface area contributed by atoms with Gasteiger partial charge in [0.1, 0.15) is 11.6 Å². The van der Waals surface area contributed by atoms with Gasteiger partial charge in [0.25, 0.3) is 5.91 Å². The van der Waals surface area contributed by atoms with E-state index in [-0.39, 0.29) is 10.8 Å². The maximum atomic E-state index is 13.1. The number of piperazine rings is 1. The number of fused-ring (bicyclic) bond motifs is 1. The fourth-order valence-electron chi connectivity index (χ4n) is 5.37. The van der Waals surface area contributed by atoms with Crippen LogP contribution in [-0.4, -0.2) is 74.7 Å². The van der Waals surface area contributed by atoms with Gasteiger partial charge in [0.2, 0.25) is 10.0 Å². The first-order valence-electron chi connectivity index (χ1n) is 13.5. The second-order valence-electron chi connectivity index (χ2n) is 10.2. The number of hydrogen-bond acceptors (Lipinski definition) is 7. The van der Waals surface area contributed by atoms with E-state index in [0.717, 1.165) is 30.8 Å². The molecule has 2 heterocycles. The number of para-hydroxylation sites is 1. The van der Waals surface area contributed by atoms with Crippen molar-refractivity contribution in [2.45, 2.75) is 49.5 Å². The van der Waals surface area contributed by atoms with Gasteiger partial charge in [0, 0.05) is 49.4 Å².